The van der Waals surface area contributed by atoms with Gasteiger partial charge in [-0.25, -0.2) is 4.39 Å². The van der Waals surface area contributed by atoms with Crippen molar-refractivity contribution in [3.05, 3.63) is 0 Å². The molecule has 145 heavy (non-hydrogen) atoms. The van der Waals surface area contributed by atoms with Crippen LogP contribution in [0.1, 0.15) is 435 Å². The van der Waals surface area contributed by atoms with Gasteiger partial charge in [0.05, 0.1) is 90.6 Å². The molecule has 0 aromatic carbocycles. The largest absolute Gasteiger partial charge is 0.376 e. The number of hydrogen-bond acceptors (Lipinski definition) is 21. The van der Waals surface area contributed by atoms with Crippen molar-refractivity contribution >= 4 is 0 Å². The first-order valence-corrected chi connectivity index (χ1v) is 60.5. The average Bonchev–Trinajstić information content (AvgIpc) is 1.65. The number of likely N-dealkylation sites (N-methyl/N-ethyl adjacent to an activating group) is 2. The zero-order valence-corrected chi connectivity index (χ0v) is 104. The predicted molar refractivity (Wildman–Crippen MR) is 626 cm³/mol. The Bertz CT molecular complexity index is 2830. The summed E-state index contributed by atoms with van der Waals surface area (Å²) in [6.45, 7) is 121. The summed E-state index contributed by atoms with van der Waals surface area (Å²) in [6.07, 6.45) is 40.4. The average molecular weight is 2060 g/mol. The van der Waals surface area contributed by atoms with Crippen LogP contribution in [0.4, 0.5) is 4.39 Å². The summed E-state index contributed by atoms with van der Waals surface area (Å²) < 4.78 is 59.3. The van der Waals surface area contributed by atoms with Crippen LogP contribution in [0.15, 0.2) is 0 Å². The first-order chi connectivity index (χ1) is 67.2. The third-order valence-corrected chi connectivity index (χ3v) is 28.5. The van der Waals surface area contributed by atoms with E-state index >= 15 is 0 Å². The number of piperazine rings is 2. The van der Waals surface area contributed by atoms with Gasteiger partial charge in [-0.2, -0.15) is 0 Å². The molecule has 0 radical (unpaired) electrons. The van der Waals surface area contributed by atoms with E-state index in [0.717, 1.165) is 123 Å². The summed E-state index contributed by atoms with van der Waals surface area (Å²) in [5.74, 6) is 0.926. The molecule has 2 bridgehead atoms. The second kappa shape index (κ2) is 73.6. The summed E-state index contributed by atoms with van der Waals surface area (Å²) in [7, 11) is 4.43. The molecule has 11 heterocycles. The van der Waals surface area contributed by atoms with Crippen molar-refractivity contribution in [1.29, 1.82) is 0 Å². The Labute approximate surface area is 903 Å². The van der Waals surface area contributed by atoms with Crippen molar-refractivity contribution in [3.8, 4) is 0 Å². The number of ether oxygens (including phenoxy) is 8. The van der Waals surface area contributed by atoms with Gasteiger partial charge in [-0.05, 0) is 458 Å². The van der Waals surface area contributed by atoms with Crippen LogP contribution >= 0.6 is 0 Å². The van der Waals surface area contributed by atoms with E-state index in [1.165, 1.54) is 337 Å². The normalized spacial score (nSPS) is 22.5. The van der Waals surface area contributed by atoms with E-state index in [1.807, 2.05) is 0 Å². The number of rotatable bonds is 29. The molecule has 1 N–H and O–H groups in total. The number of hydrogen-bond donors (Lipinski definition) is 1. The highest BCUT2D eigenvalue weighted by molar-refractivity contribution is 4.98. The summed E-state index contributed by atoms with van der Waals surface area (Å²) in [5.41, 5.74) is 0.428. The maximum atomic E-state index is 13.5. The lowest BCUT2D eigenvalue weighted by Crippen LogP contribution is -2.45. The zero-order valence-electron chi connectivity index (χ0n) is 104. The lowest BCUT2D eigenvalue weighted by Gasteiger charge is -2.34. The van der Waals surface area contributed by atoms with E-state index in [1.54, 1.807) is 6.92 Å². The Morgan fingerprint density at radius 2 is 0.579 bits per heavy atom. The number of likely N-dealkylation sites (tertiary alicyclic amines) is 10. The minimum Gasteiger partial charge on any atom is -0.376 e. The Morgan fingerprint density at radius 3 is 0.890 bits per heavy atom. The van der Waals surface area contributed by atoms with E-state index in [9.17, 15) is 4.39 Å². The first-order valence-electron chi connectivity index (χ1n) is 60.5. The van der Waals surface area contributed by atoms with Gasteiger partial charge in [0, 0.05) is 142 Å². The third kappa shape index (κ3) is 87.8. The van der Waals surface area contributed by atoms with Crippen molar-refractivity contribution in [2.24, 2.45) is 16.7 Å². The first kappa shape index (κ1) is 140. The monoisotopic (exact) mass is 2060 g/mol. The summed E-state index contributed by atoms with van der Waals surface area (Å²) >= 11 is 0. The molecule has 21 nitrogen and oxygen atoms in total. The lowest BCUT2D eigenvalue weighted by molar-refractivity contribution is -0.0732. The molecule has 11 saturated heterocycles. The van der Waals surface area contributed by atoms with Crippen LogP contribution in [-0.4, -0.2) is 409 Å². The van der Waals surface area contributed by atoms with Gasteiger partial charge in [0.1, 0.15) is 5.67 Å². The van der Waals surface area contributed by atoms with Gasteiger partial charge >= 0.3 is 0 Å². The molecule has 1 aliphatic carbocycles. The van der Waals surface area contributed by atoms with E-state index in [2.05, 4.69) is 314 Å². The summed E-state index contributed by atoms with van der Waals surface area (Å²) in [6, 6.07) is 1.60. The van der Waals surface area contributed by atoms with Gasteiger partial charge in [0.15, 0.2) is 0 Å². The number of piperidine rings is 8. The quantitative estimate of drug-likeness (QED) is 0.0714. The zero-order chi connectivity index (χ0) is 109. The van der Waals surface area contributed by atoms with Crippen LogP contribution in [0.3, 0.4) is 0 Å². The minimum absolute atomic E-state index is 0.00653. The second-order valence-electron chi connectivity index (χ2n) is 56.9. The van der Waals surface area contributed by atoms with Gasteiger partial charge in [-0.3, -0.25) is 9.80 Å². The van der Waals surface area contributed by atoms with Crippen LogP contribution in [0.25, 0.3) is 0 Å². The lowest BCUT2D eigenvalue weighted by atomic mass is 9.92. The van der Waals surface area contributed by atoms with Gasteiger partial charge in [-0.1, -0.05) is 106 Å². The molecule has 22 heteroatoms. The molecule has 12 aliphatic rings. The summed E-state index contributed by atoms with van der Waals surface area (Å²) in [5, 5.41) is 3.53. The fourth-order valence-electron chi connectivity index (χ4n) is 19.8. The van der Waals surface area contributed by atoms with Crippen molar-refractivity contribution in [2.45, 2.75) is 509 Å². The van der Waals surface area contributed by atoms with Crippen LogP contribution < -0.4 is 5.32 Å². The number of halogens is 1. The smallest absolute Gasteiger partial charge is 0.110 e. The molecular weight excluding hydrogens is 1810 g/mol. The SMILES string of the molecule is CC(C)(C)CCN1CCCCC1.CC(C)(C)CN1CCCCC1.CC(C)(C)NCCN1CCCCC1.CC(C)(C)OC1CCCCC1.CC(C)(C)OCCCN1CCCCC1.CC(C)(C)OCCN1CCCCC1.CC(C)(C)OCCN1CCCCC1.CC1(F)CCN(CCOC(C)(C)C)CC1.CC1CCN(CCOC(C)(C)C)CC1.CN1CC2CC1CN2CCOC(C)(C)C.CN1CCN(CCOC(C)(C)C)CC1. The Morgan fingerprint density at radius 1 is 0.283 bits per heavy atom. The molecule has 0 amide bonds. The van der Waals surface area contributed by atoms with E-state index in [0.29, 0.717) is 29.8 Å². The highest BCUT2D eigenvalue weighted by Crippen LogP contribution is 2.31. The van der Waals surface area contributed by atoms with E-state index in [4.69, 9.17) is 37.9 Å². The Hall–Kier alpha value is -0.910. The standard InChI is InChI=1S/C12H24FNO.C12H24N2O.2C12H25NO.C11H24N2O.C11H24N2.2C11H23NO.C11H23N.C10H21N.C10H20O/c1-11(2,3)15-10-9-14-7-5-12(4,13)6-8-14;1-12(2,3)15-6-5-14-9-10-7-11(14)8-13(10)4;1-11-5-7-13(8-6-11)9-10-14-12(2,3)4;1-12(2,3)14-11-7-10-13-8-5-4-6-9-13;1-11(2,3)14-10-9-13-7-5-12(4)6-8-13;1-11(2,3)12-7-10-13-8-5-4-6-9-13;2*1-11(2,3)13-10-9-12-7-5-4-6-8-12;1-11(2,3)7-10-12-8-5-4-6-9-12;1-10(2,3)9-11-7-5-4-6-8-11;1-10(2,3)11-9-7-5-4-6-8-9/h5-10H2,1-4H3;10-11H,5-9H2,1-4H3;11H,5-10H2,1-4H3;4-11H2,1-3H3;5-10H2,1-4H3;12H,4-10H2,1-3H3;2*4-10H2,1-3H3;4-10H2,1-3H3;4-9H2,1-3H3;9H,4-8H2,1-3H3. The molecule has 12 fully saturated rings. The molecule has 1 saturated carbocycles. The highest BCUT2D eigenvalue weighted by Gasteiger charge is 2.41. The fourth-order valence-corrected chi connectivity index (χ4v) is 19.8. The Balaban J connectivity index is 0.000000540. The number of nitrogens with zero attached hydrogens (tertiary/aromatic N) is 12. The maximum absolute atomic E-state index is 13.5. The van der Waals surface area contributed by atoms with Crippen molar-refractivity contribution in [2.75, 3.05) is 276 Å². The van der Waals surface area contributed by atoms with Gasteiger partial charge in [0.2, 0.25) is 0 Å². The van der Waals surface area contributed by atoms with Crippen LogP contribution in [0, 0.1) is 16.7 Å². The molecular formula is C123H256FN13O8. The minimum atomic E-state index is -0.943. The van der Waals surface area contributed by atoms with Crippen LogP contribution in [-0.2, 0) is 37.9 Å². The molecule has 2 atom stereocenters. The van der Waals surface area contributed by atoms with E-state index < -0.39 is 5.67 Å². The number of alkyl halides is 1. The predicted octanol–water partition coefficient (Wildman–Crippen LogP) is 25.1. The topological polar surface area (TPSA) is 125 Å². The van der Waals surface area contributed by atoms with Crippen molar-refractivity contribution < 1.29 is 42.3 Å². The molecule has 868 valence electrons. The van der Waals surface area contributed by atoms with Gasteiger partial charge < -0.3 is 92.2 Å². The number of fused-ring (bicyclic) bond motifs is 2. The molecule has 0 spiro atoms. The number of nitrogens with one attached hydrogen (secondary N) is 1. The molecule has 0 aromatic rings. The molecule has 0 aromatic heterocycles. The van der Waals surface area contributed by atoms with Crippen LogP contribution in [0.2, 0.25) is 0 Å². The second-order valence-corrected chi connectivity index (χ2v) is 56.9. The maximum Gasteiger partial charge on any atom is 0.110 e. The fraction of sp³-hybridized carbons (Fsp3) is 1.00. The molecule has 2 unspecified atom stereocenters. The molecule has 11 aliphatic heterocycles. The highest BCUT2D eigenvalue weighted by atomic mass is 19.1. The Kier molecular flexibility index (Phi) is 71.2. The molecule has 12 rings (SSSR count). The summed E-state index contributed by atoms with van der Waals surface area (Å²) in [4.78, 5) is 30.1. The van der Waals surface area contributed by atoms with Crippen molar-refractivity contribution in [3.63, 3.8) is 0 Å². The van der Waals surface area contributed by atoms with Crippen LogP contribution in [0.5, 0.6) is 0 Å². The third-order valence-electron chi connectivity index (χ3n) is 28.5. The van der Waals surface area contributed by atoms with Gasteiger partial charge in [0.25, 0.3) is 0 Å². The van der Waals surface area contributed by atoms with E-state index in [-0.39, 0.29) is 50.3 Å². The van der Waals surface area contributed by atoms with Crippen molar-refractivity contribution in [1.82, 2.24) is 64.1 Å². The van der Waals surface area contributed by atoms with Gasteiger partial charge in [-0.15, -0.1) is 0 Å².